The Morgan fingerprint density at radius 2 is 1.22 bits per heavy atom. The van der Waals surface area contributed by atoms with E-state index in [4.69, 9.17) is 14.2 Å². The van der Waals surface area contributed by atoms with Crippen molar-refractivity contribution in [1.82, 2.24) is 0 Å². The molecule has 0 bridgehead atoms. The Labute approximate surface area is 213 Å². The normalized spacial score (nSPS) is 37.2. The lowest BCUT2D eigenvalue weighted by Gasteiger charge is -2.46. The molecule has 212 valence electrons. The summed E-state index contributed by atoms with van der Waals surface area (Å²) in [6.07, 6.45) is -4.08. The number of carbonyl (C=O) groups is 1. The molecule has 36 heavy (non-hydrogen) atoms. The first-order valence-electron chi connectivity index (χ1n) is 13.3. The lowest BCUT2D eigenvalue weighted by molar-refractivity contribution is -0.341. The van der Waals surface area contributed by atoms with Crippen LogP contribution in [0.5, 0.6) is 0 Å². The molecule has 2 heterocycles. The second-order valence-corrected chi connectivity index (χ2v) is 10.00. The summed E-state index contributed by atoms with van der Waals surface area (Å²) in [5.41, 5.74) is 0. The molecule has 10 atom stereocenters. The van der Waals surface area contributed by atoms with Crippen molar-refractivity contribution < 1.29 is 54.8 Å². The number of aliphatic hydroxyl groups is 7. The Morgan fingerprint density at radius 1 is 0.667 bits per heavy atom. The Hall–Kier alpha value is -0.730. The minimum atomic E-state index is -1.72. The second kappa shape index (κ2) is 16.3. The molecule has 0 radical (unpaired) electrons. The molecule has 0 amide bonds. The number of hydrogen-bond donors (Lipinski definition) is 7. The zero-order chi connectivity index (χ0) is 26.7. The number of ether oxygens (including phenoxy) is 3. The van der Waals surface area contributed by atoms with Crippen LogP contribution in [0, 0.1) is 0 Å². The summed E-state index contributed by atoms with van der Waals surface area (Å²) in [5, 5.41) is 70.4. The maximum atomic E-state index is 12.4. The van der Waals surface area contributed by atoms with Crippen molar-refractivity contribution in [3.05, 3.63) is 0 Å². The molecule has 0 unspecified atom stereocenters. The molecule has 0 spiro atoms. The van der Waals surface area contributed by atoms with Crippen LogP contribution in [-0.4, -0.2) is 116 Å². The average molecular weight is 523 g/mol. The minimum Gasteiger partial charge on any atom is -0.394 e. The van der Waals surface area contributed by atoms with E-state index >= 15 is 0 Å². The topological polar surface area (TPSA) is 186 Å². The molecular weight excluding hydrogens is 476 g/mol. The largest absolute Gasteiger partial charge is 0.394 e. The number of ketones is 1. The van der Waals surface area contributed by atoms with Gasteiger partial charge in [-0.25, -0.2) is 0 Å². The highest BCUT2D eigenvalue weighted by Crippen LogP contribution is 2.30. The first-order valence-corrected chi connectivity index (χ1v) is 13.3. The Morgan fingerprint density at radius 3 is 1.81 bits per heavy atom. The fraction of sp³-hybridized carbons (Fsp3) is 0.960. The van der Waals surface area contributed by atoms with Crippen LogP contribution in [0.4, 0.5) is 0 Å². The summed E-state index contributed by atoms with van der Waals surface area (Å²) in [5.74, 6) is -0.112. The molecule has 0 aromatic carbocycles. The van der Waals surface area contributed by atoms with Crippen molar-refractivity contribution in [2.24, 2.45) is 0 Å². The first-order chi connectivity index (χ1) is 17.2. The second-order valence-electron chi connectivity index (χ2n) is 10.00. The molecule has 0 aliphatic carbocycles. The average Bonchev–Trinajstić information content (AvgIpc) is 2.87. The predicted octanol–water partition coefficient (Wildman–Crippen LogP) is -0.467. The van der Waals surface area contributed by atoms with Crippen LogP contribution in [0.1, 0.15) is 77.6 Å². The third-order valence-electron chi connectivity index (χ3n) is 7.09. The predicted molar refractivity (Wildman–Crippen MR) is 128 cm³/mol. The van der Waals surface area contributed by atoms with Gasteiger partial charge >= 0.3 is 0 Å². The number of aliphatic hydroxyl groups excluding tert-OH is 7. The van der Waals surface area contributed by atoms with Crippen LogP contribution < -0.4 is 0 Å². The molecule has 11 nitrogen and oxygen atoms in total. The van der Waals surface area contributed by atoms with Crippen molar-refractivity contribution in [2.45, 2.75) is 139 Å². The van der Waals surface area contributed by atoms with E-state index in [0.29, 0.717) is 6.42 Å². The quantitative estimate of drug-likeness (QED) is 0.130. The zero-order valence-corrected chi connectivity index (χ0v) is 21.2. The molecule has 11 heteroatoms. The number of carbonyl (C=O) groups excluding carboxylic acids is 1. The van der Waals surface area contributed by atoms with Crippen molar-refractivity contribution in [3.8, 4) is 0 Å². The highest BCUT2D eigenvalue weighted by Gasteiger charge is 2.50. The maximum Gasteiger partial charge on any atom is 0.187 e. The van der Waals surface area contributed by atoms with E-state index in [1.165, 1.54) is 32.1 Å². The third-order valence-corrected chi connectivity index (χ3v) is 7.09. The van der Waals surface area contributed by atoms with Gasteiger partial charge in [-0.3, -0.25) is 4.79 Å². The monoisotopic (exact) mass is 522 g/mol. The molecule has 0 saturated carbocycles. The van der Waals surface area contributed by atoms with E-state index < -0.39 is 74.4 Å². The standard InChI is InChI=1S/C25H46O11/c1-2-3-4-5-6-7-8-9-10-11-15(28)12-16-19(29)22(32)24(18(14-27)34-16)36-25-23(33)21(31)20(30)17(13-26)35-25/h16-27,29-33H,2-14H2,1H3/t16-,17-,18-,19+,20+,21+,22-,23-,24-,25+/m1/s1. The fourth-order valence-electron chi connectivity index (χ4n) is 4.79. The molecule has 2 aliphatic rings. The van der Waals surface area contributed by atoms with Crippen molar-refractivity contribution >= 4 is 5.78 Å². The molecule has 0 aromatic rings. The Balaban J connectivity index is 1.81. The van der Waals surface area contributed by atoms with Gasteiger partial charge in [0.2, 0.25) is 0 Å². The molecule has 2 fully saturated rings. The highest BCUT2D eigenvalue weighted by atomic mass is 16.7. The third kappa shape index (κ3) is 8.93. The summed E-state index contributed by atoms with van der Waals surface area (Å²) >= 11 is 0. The molecule has 2 saturated heterocycles. The van der Waals surface area contributed by atoms with E-state index in [1.54, 1.807) is 0 Å². The van der Waals surface area contributed by atoms with Gasteiger partial charge in [-0.05, 0) is 6.42 Å². The van der Waals surface area contributed by atoms with Gasteiger partial charge in [0.05, 0.1) is 19.3 Å². The van der Waals surface area contributed by atoms with E-state index in [2.05, 4.69) is 6.92 Å². The highest BCUT2D eigenvalue weighted by molar-refractivity contribution is 5.78. The maximum absolute atomic E-state index is 12.4. The summed E-state index contributed by atoms with van der Waals surface area (Å²) in [4.78, 5) is 12.4. The SMILES string of the molecule is CCCCCCCCCCCC(=O)C[C@H]1O[C@H](CO)[C@@H](O[C@@H]2O[C@H](CO)[C@H](O)[C@H](O)[C@H]2O)[C@H](O)[C@H]1O. The van der Waals surface area contributed by atoms with Gasteiger partial charge in [0.25, 0.3) is 0 Å². The van der Waals surface area contributed by atoms with Gasteiger partial charge in [-0.1, -0.05) is 58.3 Å². The fourth-order valence-corrected chi connectivity index (χ4v) is 4.79. The summed E-state index contributed by atoms with van der Waals surface area (Å²) in [6.45, 7) is 0.911. The number of unbranched alkanes of at least 4 members (excludes halogenated alkanes) is 8. The Kier molecular flexibility index (Phi) is 14.2. The van der Waals surface area contributed by atoms with Crippen LogP contribution in [0.15, 0.2) is 0 Å². The lowest BCUT2D eigenvalue weighted by Crippen LogP contribution is -2.64. The van der Waals surface area contributed by atoms with Crippen LogP contribution in [0.3, 0.4) is 0 Å². The van der Waals surface area contributed by atoms with E-state index in [0.717, 1.165) is 25.7 Å². The van der Waals surface area contributed by atoms with Gasteiger partial charge in [0.1, 0.15) is 54.6 Å². The number of rotatable bonds is 16. The van der Waals surface area contributed by atoms with Crippen LogP contribution >= 0.6 is 0 Å². The molecule has 7 N–H and O–H groups in total. The first kappa shape index (κ1) is 31.5. The molecule has 2 rings (SSSR count). The van der Waals surface area contributed by atoms with E-state index in [9.17, 15) is 40.5 Å². The van der Waals surface area contributed by atoms with Crippen LogP contribution in [0.2, 0.25) is 0 Å². The minimum absolute atomic E-state index is 0.112. The molecular formula is C25H46O11. The summed E-state index contributed by atoms with van der Waals surface area (Å²) in [7, 11) is 0. The van der Waals surface area contributed by atoms with E-state index in [1.807, 2.05) is 0 Å². The number of hydrogen-bond acceptors (Lipinski definition) is 11. The van der Waals surface area contributed by atoms with Crippen LogP contribution in [0.25, 0.3) is 0 Å². The van der Waals surface area contributed by atoms with Gasteiger partial charge in [0, 0.05) is 12.8 Å². The van der Waals surface area contributed by atoms with Crippen LogP contribution in [-0.2, 0) is 19.0 Å². The lowest BCUT2D eigenvalue weighted by atomic mass is 9.91. The van der Waals surface area contributed by atoms with Gasteiger partial charge < -0.3 is 50.0 Å². The summed E-state index contributed by atoms with van der Waals surface area (Å²) in [6, 6.07) is 0. The number of Topliss-reactive ketones (excluding diaryl/α,β-unsaturated/α-hetero) is 1. The van der Waals surface area contributed by atoms with Crippen molar-refractivity contribution in [1.29, 1.82) is 0 Å². The smallest absolute Gasteiger partial charge is 0.187 e. The van der Waals surface area contributed by atoms with Crippen molar-refractivity contribution in [3.63, 3.8) is 0 Å². The zero-order valence-electron chi connectivity index (χ0n) is 21.2. The van der Waals surface area contributed by atoms with Crippen molar-refractivity contribution in [2.75, 3.05) is 13.2 Å². The van der Waals surface area contributed by atoms with Gasteiger partial charge in [-0.2, -0.15) is 0 Å². The summed E-state index contributed by atoms with van der Waals surface area (Å²) < 4.78 is 16.5. The Bertz CT molecular complexity index is 617. The molecule has 0 aromatic heterocycles. The van der Waals surface area contributed by atoms with Gasteiger partial charge in [0.15, 0.2) is 6.29 Å². The van der Waals surface area contributed by atoms with E-state index in [-0.39, 0.29) is 12.2 Å². The van der Waals surface area contributed by atoms with Gasteiger partial charge in [-0.15, -0.1) is 0 Å². The molecule has 2 aliphatic heterocycles.